The average molecular weight is 198 g/mol. The molecule has 66 valence electrons. The molecule has 0 spiro atoms. The quantitative estimate of drug-likeness (QED) is 0.702. The standard InChI is InChI=1S/C6H3ClF3NO/c7-3-2(5(8)9)1-11-6(10)4(3)12/h1,5,12H. The molecule has 0 aliphatic heterocycles. The molecule has 12 heavy (non-hydrogen) atoms. The van der Waals surface area contributed by atoms with Gasteiger partial charge in [0.25, 0.3) is 12.4 Å². The number of rotatable bonds is 1. The van der Waals surface area contributed by atoms with Gasteiger partial charge in [0.05, 0.1) is 10.6 Å². The molecule has 0 aromatic carbocycles. The minimum Gasteiger partial charge on any atom is -0.503 e. The zero-order chi connectivity index (χ0) is 9.30. The van der Waals surface area contributed by atoms with E-state index in [2.05, 4.69) is 4.98 Å². The van der Waals surface area contributed by atoms with E-state index in [1.165, 1.54) is 0 Å². The number of aromatic nitrogens is 1. The van der Waals surface area contributed by atoms with Gasteiger partial charge in [0.15, 0.2) is 5.75 Å². The molecule has 0 radical (unpaired) electrons. The van der Waals surface area contributed by atoms with Crippen LogP contribution in [0.1, 0.15) is 12.0 Å². The van der Waals surface area contributed by atoms with E-state index in [0.29, 0.717) is 6.20 Å². The molecule has 1 aromatic rings. The summed E-state index contributed by atoms with van der Waals surface area (Å²) in [5.74, 6) is -2.31. The Bertz CT molecular complexity index is 305. The Morgan fingerprint density at radius 2 is 2.08 bits per heavy atom. The summed E-state index contributed by atoms with van der Waals surface area (Å²) >= 11 is 5.18. The van der Waals surface area contributed by atoms with Gasteiger partial charge in [-0.05, 0) is 0 Å². The normalized spacial score (nSPS) is 10.8. The van der Waals surface area contributed by atoms with Crippen LogP contribution in [0.3, 0.4) is 0 Å². The summed E-state index contributed by atoms with van der Waals surface area (Å²) in [5, 5.41) is 8.04. The fraction of sp³-hybridized carbons (Fsp3) is 0.167. The zero-order valence-corrected chi connectivity index (χ0v) is 6.32. The second-order valence-electron chi connectivity index (χ2n) is 1.97. The van der Waals surface area contributed by atoms with Crippen LogP contribution >= 0.6 is 11.6 Å². The van der Waals surface area contributed by atoms with Crippen molar-refractivity contribution in [1.82, 2.24) is 4.98 Å². The molecular weight excluding hydrogens is 195 g/mol. The van der Waals surface area contributed by atoms with Crippen molar-refractivity contribution in [3.05, 3.63) is 22.7 Å². The second kappa shape index (κ2) is 3.18. The van der Waals surface area contributed by atoms with Crippen molar-refractivity contribution in [2.45, 2.75) is 6.43 Å². The fourth-order valence-electron chi connectivity index (χ4n) is 0.623. The number of aromatic hydroxyl groups is 1. The summed E-state index contributed by atoms with van der Waals surface area (Å²) in [6.07, 6.45) is -2.29. The Balaban J connectivity index is 3.27. The maximum Gasteiger partial charge on any atom is 0.266 e. The molecule has 0 saturated heterocycles. The summed E-state index contributed by atoms with van der Waals surface area (Å²) < 4.78 is 36.3. The summed E-state index contributed by atoms with van der Waals surface area (Å²) in [4.78, 5) is 2.88. The number of nitrogens with zero attached hydrogens (tertiary/aromatic N) is 1. The predicted octanol–water partition coefficient (Wildman–Crippen LogP) is 2.52. The summed E-state index contributed by atoms with van der Waals surface area (Å²) in [7, 11) is 0. The van der Waals surface area contributed by atoms with Gasteiger partial charge in [-0.25, -0.2) is 13.8 Å². The maximum absolute atomic E-state index is 12.3. The van der Waals surface area contributed by atoms with Crippen molar-refractivity contribution in [3.63, 3.8) is 0 Å². The Morgan fingerprint density at radius 1 is 1.50 bits per heavy atom. The molecule has 1 heterocycles. The largest absolute Gasteiger partial charge is 0.503 e. The minimum absolute atomic E-state index is 0.585. The summed E-state index contributed by atoms with van der Waals surface area (Å²) in [6, 6.07) is 0. The van der Waals surface area contributed by atoms with E-state index in [4.69, 9.17) is 16.7 Å². The first-order valence-corrected chi connectivity index (χ1v) is 3.23. The van der Waals surface area contributed by atoms with E-state index < -0.39 is 28.7 Å². The molecule has 0 fully saturated rings. The lowest BCUT2D eigenvalue weighted by Gasteiger charge is -2.03. The van der Waals surface area contributed by atoms with Crippen LogP contribution < -0.4 is 0 Å². The molecule has 1 N–H and O–H groups in total. The molecule has 1 aromatic heterocycles. The Labute approximate surface area is 70.6 Å². The van der Waals surface area contributed by atoms with E-state index in [9.17, 15) is 13.2 Å². The lowest BCUT2D eigenvalue weighted by molar-refractivity contribution is 0.150. The highest BCUT2D eigenvalue weighted by molar-refractivity contribution is 6.32. The van der Waals surface area contributed by atoms with Crippen LogP contribution in [0.5, 0.6) is 5.75 Å². The lowest BCUT2D eigenvalue weighted by atomic mass is 10.3. The van der Waals surface area contributed by atoms with Gasteiger partial charge in [0, 0.05) is 6.20 Å². The average Bonchev–Trinajstić information content (AvgIpc) is 2.00. The van der Waals surface area contributed by atoms with Gasteiger partial charge in [-0.1, -0.05) is 11.6 Å². The molecule has 0 amide bonds. The third-order valence-electron chi connectivity index (χ3n) is 1.21. The van der Waals surface area contributed by atoms with Crippen LogP contribution in [0, 0.1) is 5.95 Å². The summed E-state index contributed by atoms with van der Waals surface area (Å²) in [5.41, 5.74) is -0.685. The first kappa shape index (κ1) is 9.12. The third kappa shape index (κ3) is 1.45. The van der Waals surface area contributed by atoms with Crippen molar-refractivity contribution < 1.29 is 18.3 Å². The van der Waals surface area contributed by atoms with E-state index >= 15 is 0 Å². The molecule has 1 rings (SSSR count). The third-order valence-corrected chi connectivity index (χ3v) is 1.61. The molecule has 0 unspecified atom stereocenters. The number of halogens is 4. The van der Waals surface area contributed by atoms with Gasteiger partial charge in [-0.3, -0.25) is 0 Å². The molecule has 0 atom stereocenters. The Hall–Kier alpha value is -0.970. The second-order valence-corrected chi connectivity index (χ2v) is 2.35. The maximum atomic E-state index is 12.3. The molecule has 0 aliphatic carbocycles. The monoisotopic (exact) mass is 197 g/mol. The molecule has 0 bridgehead atoms. The number of hydrogen-bond donors (Lipinski definition) is 1. The topological polar surface area (TPSA) is 33.1 Å². The van der Waals surface area contributed by atoms with Crippen molar-refractivity contribution in [3.8, 4) is 5.75 Å². The van der Waals surface area contributed by atoms with Gasteiger partial charge in [-0.15, -0.1) is 0 Å². The van der Waals surface area contributed by atoms with Crippen LogP contribution in [0.25, 0.3) is 0 Å². The minimum atomic E-state index is -2.88. The first-order chi connectivity index (χ1) is 5.54. The highest BCUT2D eigenvalue weighted by Gasteiger charge is 2.18. The Kier molecular flexibility index (Phi) is 2.42. The molecular formula is C6H3ClF3NO. The van der Waals surface area contributed by atoms with Crippen molar-refractivity contribution >= 4 is 11.6 Å². The van der Waals surface area contributed by atoms with Gasteiger partial charge < -0.3 is 5.11 Å². The number of alkyl halides is 2. The van der Waals surface area contributed by atoms with Crippen LogP contribution in [-0.4, -0.2) is 10.1 Å². The van der Waals surface area contributed by atoms with Crippen LogP contribution in [0.15, 0.2) is 6.20 Å². The molecule has 2 nitrogen and oxygen atoms in total. The SMILES string of the molecule is Oc1c(F)ncc(C(F)F)c1Cl. The van der Waals surface area contributed by atoms with Crippen LogP contribution in [-0.2, 0) is 0 Å². The molecule has 0 aliphatic rings. The highest BCUT2D eigenvalue weighted by atomic mass is 35.5. The fourth-order valence-corrected chi connectivity index (χ4v) is 0.833. The number of pyridine rings is 1. The zero-order valence-electron chi connectivity index (χ0n) is 5.56. The van der Waals surface area contributed by atoms with Crippen molar-refractivity contribution in [2.24, 2.45) is 0 Å². The smallest absolute Gasteiger partial charge is 0.266 e. The van der Waals surface area contributed by atoms with Crippen LogP contribution in [0.2, 0.25) is 5.02 Å². The molecule has 0 saturated carbocycles. The Morgan fingerprint density at radius 3 is 2.58 bits per heavy atom. The van der Waals surface area contributed by atoms with E-state index in [1.54, 1.807) is 0 Å². The highest BCUT2D eigenvalue weighted by Crippen LogP contribution is 2.33. The molecule has 6 heteroatoms. The first-order valence-electron chi connectivity index (χ1n) is 2.85. The van der Waals surface area contributed by atoms with E-state index in [0.717, 1.165) is 0 Å². The number of hydrogen-bond acceptors (Lipinski definition) is 2. The lowest BCUT2D eigenvalue weighted by Crippen LogP contribution is -1.92. The van der Waals surface area contributed by atoms with Gasteiger partial charge >= 0.3 is 0 Å². The van der Waals surface area contributed by atoms with Crippen molar-refractivity contribution in [2.75, 3.05) is 0 Å². The van der Waals surface area contributed by atoms with E-state index in [-0.39, 0.29) is 0 Å². The van der Waals surface area contributed by atoms with Crippen molar-refractivity contribution in [1.29, 1.82) is 0 Å². The van der Waals surface area contributed by atoms with Gasteiger partial charge in [0.1, 0.15) is 0 Å². The summed E-state index contributed by atoms with van der Waals surface area (Å²) in [6.45, 7) is 0. The van der Waals surface area contributed by atoms with Gasteiger partial charge in [-0.2, -0.15) is 4.39 Å². The van der Waals surface area contributed by atoms with E-state index in [1.807, 2.05) is 0 Å². The predicted molar refractivity (Wildman–Crippen MR) is 35.8 cm³/mol. The van der Waals surface area contributed by atoms with Gasteiger partial charge in [0.2, 0.25) is 0 Å². The van der Waals surface area contributed by atoms with Crippen LogP contribution in [0.4, 0.5) is 13.2 Å².